The van der Waals surface area contributed by atoms with Gasteiger partial charge in [0.2, 0.25) is 0 Å². The molecule has 0 aliphatic carbocycles. The van der Waals surface area contributed by atoms with Crippen molar-refractivity contribution < 1.29 is 4.39 Å². The van der Waals surface area contributed by atoms with E-state index >= 15 is 0 Å². The highest BCUT2D eigenvalue weighted by Gasteiger charge is 2.14. The van der Waals surface area contributed by atoms with Crippen LogP contribution in [0.5, 0.6) is 0 Å². The first-order valence-corrected chi connectivity index (χ1v) is 6.46. The maximum atomic E-state index is 13.3. The number of aromatic nitrogens is 2. The van der Waals surface area contributed by atoms with Crippen molar-refractivity contribution in [2.75, 3.05) is 7.05 Å². The Balaban J connectivity index is 2.50. The number of nitrogens with one attached hydrogen (secondary N) is 1. The van der Waals surface area contributed by atoms with Crippen molar-refractivity contribution in [2.45, 2.75) is 13.5 Å². The van der Waals surface area contributed by atoms with Gasteiger partial charge in [0.25, 0.3) is 0 Å². The van der Waals surface area contributed by atoms with Crippen LogP contribution < -0.4 is 5.32 Å². The fraction of sp³-hybridized carbons (Fsp3) is 0.308. The zero-order chi connectivity index (χ0) is 13.3. The molecule has 5 heteroatoms. The molecule has 0 radical (unpaired) electrons. The summed E-state index contributed by atoms with van der Waals surface area (Å²) in [5.74, 6) is 0.739. The number of benzene rings is 1. The Labute approximate surface area is 114 Å². The highest BCUT2D eigenvalue weighted by Crippen LogP contribution is 2.29. The molecule has 0 aliphatic rings. The lowest BCUT2D eigenvalue weighted by molar-refractivity contribution is 0.619. The van der Waals surface area contributed by atoms with Crippen molar-refractivity contribution in [1.29, 1.82) is 0 Å². The number of nitrogens with zero attached hydrogens (tertiary/aromatic N) is 2. The first-order chi connectivity index (χ1) is 8.54. The Kier molecular flexibility index (Phi) is 3.82. The third-order valence-corrected chi connectivity index (χ3v) is 3.79. The van der Waals surface area contributed by atoms with Gasteiger partial charge in [-0.1, -0.05) is 0 Å². The summed E-state index contributed by atoms with van der Waals surface area (Å²) in [5, 5.41) is 3.07. The topological polar surface area (TPSA) is 29.9 Å². The highest BCUT2D eigenvalue weighted by molar-refractivity contribution is 9.10. The van der Waals surface area contributed by atoms with Crippen LogP contribution in [0.2, 0.25) is 0 Å². The molecule has 0 spiro atoms. The molecule has 1 heterocycles. The van der Waals surface area contributed by atoms with E-state index in [-0.39, 0.29) is 5.82 Å². The van der Waals surface area contributed by atoms with Crippen LogP contribution in [0.1, 0.15) is 11.4 Å². The van der Waals surface area contributed by atoms with Crippen LogP contribution in [0.15, 0.2) is 22.8 Å². The van der Waals surface area contributed by atoms with Gasteiger partial charge in [0.05, 0.1) is 6.54 Å². The van der Waals surface area contributed by atoms with Crippen LogP contribution in [-0.4, -0.2) is 16.6 Å². The number of aryl methyl sites for hydroxylation is 1. The van der Waals surface area contributed by atoms with Crippen LogP contribution in [0.4, 0.5) is 4.39 Å². The summed E-state index contributed by atoms with van der Waals surface area (Å²) in [6.07, 6.45) is 0. The minimum absolute atomic E-state index is 0.193. The monoisotopic (exact) mass is 311 g/mol. The number of hydrogen-bond donors (Lipinski definition) is 1. The second-order valence-electron chi connectivity index (χ2n) is 4.22. The van der Waals surface area contributed by atoms with E-state index in [4.69, 9.17) is 0 Å². The number of hydrogen-bond acceptors (Lipinski definition) is 2. The molecule has 0 fully saturated rings. The van der Waals surface area contributed by atoms with Gasteiger partial charge in [-0.2, -0.15) is 0 Å². The number of halogens is 2. The molecule has 2 rings (SSSR count). The van der Waals surface area contributed by atoms with Gasteiger partial charge in [-0.3, -0.25) is 0 Å². The summed E-state index contributed by atoms with van der Waals surface area (Å²) in [7, 11) is 3.83. The number of imidazole rings is 1. The standard InChI is InChI=1S/C13H15BrFN3/c1-8-6-9(4-5-10(8)15)12-13(14)18(3)11(17-12)7-16-2/h4-6,16H,7H2,1-3H3. The maximum absolute atomic E-state index is 13.3. The van der Waals surface area contributed by atoms with E-state index in [1.54, 1.807) is 13.0 Å². The minimum atomic E-state index is -0.193. The van der Waals surface area contributed by atoms with E-state index in [0.29, 0.717) is 12.1 Å². The molecule has 3 nitrogen and oxygen atoms in total. The predicted octanol–water partition coefficient (Wildman–Crippen LogP) is 3.02. The Bertz CT molecular complexity index is 578. The first kappa shape index (κ1) is 13.2. The van der Waals surface area contributed by atoms with Crippen LogP contribution in [-0.2, 0) is 13.6 Å². The molecule has 1 aromatic heterocycles. The lowest BCUT2D eigenvalue weighted by atomic mass is 10.1. The van der Waals surface area contributed by atoms with E-state index in [9.17, 15) is 4.39 Å². The van der Waals surface area contributed by atoms with Crippen LogP contribution in [0.25, 0.3) is 11.3 Å². The zero-order valence-corrected chi connectivity index (χ0v) is 12.2. The van der Waals surface area contributed by atoms with Gasteiger partial charge in [0.1, 0.15) is 21.9 Å². The van der Waals surface area contributed by atoms with E-state index in [1.807, 2.05) is 24.7 Å². The van der Waals surface area contributed by atoms with Gasteiger partial charge in [-0.25, -0.2) is 9.37 Å². The SMILES string of the molecule is CNCc1nc(-c2ccc(F)c(C)c2)c(Br)n1C. The molecule has 0 saturated heterocycles. The molecule has 1 aromatic carbocycles. The maximum Gasteiger partial charge on any atom is 0.126 e. The largest absolute Gasteiger partial charge is 0.324 e. The lowest BCUT2D eigenvalue weighted by Gasteiger charge is -2.02. The van der Waals surface area contributed by atoms with E-state index in [2.05, 4.69) is 26.2 Å². The molecule has 2 aromatic rings. The predicted molar refractivity (Wildman–Crippen MR) is 73.8 cm³/mol. The Morgan fingerprint density at radius 1 is 1.44 bits per heavy atom. The molecule has 18 heavy (non-hydrogen) atoms. The molecule has 96 valence electrons. The molecule has 0 saturated carbocycles. The van der Waals surface area contributed by atoms with Gasteiger partial charge in [-0.05, 0) is 53.7 Å². The van der Waals surface area contributed by atoms with E-state index in [1.165, 1.54) is 6.07 Å². The van der Waals surface area contributed by atoms with Crippen molar-refractivity contribution in [3.05, 3.63) is 40.0 Å². The molecule has 0 unspecified atom stereocenters. The Hall–Kier alpha value is -1.20. The molecule has 0 amide bonds. The molecular formula is C13H15BrFN3. The van der Waals surface area contributed by atoms with Gasteiger partial charge in [0.15, 0.2) is 0 Å². The molecule has 1 N–H and O–H groups in total. The minimum Gasteiger partial charge on any atom is -0.324 e. The average Bonchev–Trinajstić information content (AvgIpc) is 2.62. The lowest BCUT2D eigenvalue weighted by Crippen LogP contribution is -2.10. The van der Waals surface area contributed by atoms with Crippen molar-refractivity contribution in [3.63, 3.8) is 0 Å². The molecule has 0 atom stereocenters. The summed E-state index contributed by atoms with van der Waals surface area (Å²) in [6.45, 7) is 2.44. The van der Waals surface area contributed by atoms with Crippen molar-refractivity contribution >= 4 is 15.9 Å². The second-order valence-corrected chi connectivity index (χ2v) is 4.97. The smallest absolute Gasteiger partial charge is 0.126 e. The Morgan fingerprint density at radius 3 is 2.78 bits per heavy atom. The summed E-state index contributed by atoms with van der Waals surface area (Å²) >= 11 is 3.53. The molecular weight excluding hydrogens is 297 g/mol. The summed E-state index contributed by atoms with van der Waals surface area (Å²) in [6, 6.07) is 5.04. The third kappa shape index (κ3) is 2.33. The normalized spacial score (nSPS) is 10.9. The summed E-state index contributed by atoms with van der Waals surface area (Å²) in [5.41, 5.74) is 2.38. The van der Waals surface area contributed by atoms with Gasteiger partial charge >= 0.3 is 0 Å². The van der Waals surface area contributed by atoms with Crippen LogP contribution in [0.3, 0.4) is 0 Å². The van der Waals surface area contributed by atoms with E-state index < -0.39 is 0 Å². The van der Waals surface area contributed by atoms with Crippen molar-refractivity contribution in [3.8, 4) is 11.3 Å². The summed E-state index contributed by atoms with van der Waals surface area (Å²) in [4.78, 5) is 4.57. The van der Waals surface area contributed by atoms with Crippen molar-refractivity contribution in [1.82, 2.24) is 14.9 Å². The second kappa shape index (κ2) is 5.20. The van der Waals surface area contributed by atoms with Gasteiger partial charge in [-0.15, -0.1) is 0 Å². The van der Waals surface area contributed by atoms with Crippen LogP contribution >= 0.6 is 15.9 Å². The third-order valence-electron chi connectivity index (χ3n) is 2.88. The van der Waals surface area contributed by atoms with E-state index in [0.717, 1.165) is 21.7 Å². The molecule has 0 bridgehead atoms. The Morgan fingerprint density at radius 2 is 2.17 bits per heavy atom. The molecule has 0 aliphatic heterocycles. The summed E-state index contributed by atoms with van der Waals surface area (Å²) < 4.78 is 16.2. The highest BCUT2D eigenvalue weighted by atomic mass is 79.9. The quantitative estimate of drug-likeness (QED) is 0.944. The fourth-order valence-electron chi connectivity index (χ4n) is 1.81. The van der Waals surface area contributed by atoms with Crippen LogP contribution in [0, 0.1) is 12.7 Å². The first-order valence-electron chi connectivity index (χ1n) is 5.66. The fourth-order valence-corrected chi connectivity index (χ4v) is 2.34. The van der Waals surface area contributed by atoms with Gasteiger partial charge in [0, 0.05) is 12.6 Å². The average molecular weight is 312 g/mol. The number of rotatable bonds is 3. The van der Waals surface area contributed by atoms with Gasteiger partial charge < -0.3 is 9.88 Å². The van der Waals surface area contributed by atoms with Crippen molar-refractivity contribution in [2.24, 2.45) is 7.05 Å². The zero-order valence-electron chi connectivity index (χ0n) is 10.6.